The van der Waals surface area contributed by atoms with E-state index in [1.54, 1.807) is 37.4 Å². The van der Waals surface area contributed by atoms with Gasteiger partial charge in [-0.25, -0.2) is 4.98 Å². The smallest absolute Gasteiger partial charge is 0.266 e. The number of nitriles is 1. The summed E-state index contributed by atoms with van der Waals surface area (Å²) in [6, 6.07) is 16.4. The Balaban J connectivity index is 1.94. The van der Waals surface area contributed by atoms with Gasteiger partial charge in [-0.05, 0) is 49.4 Å². The molecule has 0 radical (unpaired) electrons. The molecule has 6 heteroatoms. The van der Waals surface area contributed by atoms with Crippen LogP contribution in [0.25, 0.3) is 17.0 Å². The summed E-state index contributed by atoms with van der Waals surface area (Å²) in [5.74, 6) is 0.169. The van der Waals surface area contributed by atoms with E-state index in [1.165, 1.54) is 6.08 Å². The van der Waals surface area contributed by atoms with Crippen molar-refractivity contribution in [2.45, 2.75) is 6.92 Å². The van der Waals surface area contributed by atoms with E-state index in [1.807, 2.05) is 31.2 Å². The van der Waals surface area contributed by atoms with Crippen LogP contribution < -0.4 is 10.1 Å². The molecule has 0 fully saturated rings. The Hall–Kier alpha value is -3.36. The number of halogens is 1. The summed E-state index contributed by atoms with van der Waals surface area (Å²) in [7, 11) is 1.58. The summed E-state index contributed by atoms with van der Waals surface area (Å²) < 4.78 is 5.22. The first-order chi connectivity index (χ1) is 13.0. The molecule has 134 valence electrons. The monoisotopic (exact) mass is 377 g/mol. The first-order valence-corrected chi connectivity index (χ1v) is 8.52. The number of amides is 1. The molecule has 5 nitrogen and oxygen atoms in total. The van der Waals surface area contributed by atoms with Crippen LogP contribution in [0.4, 0.5) is 5.69 Å². The Morgan fingerprint density at radius 3 is 2.63 bits per heavy atom. The Bertz CT molecular complexity index is 1080. The third-order valence-corrected chi connectivity index (χ3v) is 4.28. The molecule has 2 aromatic carbocycles. The number of aromatic nitrogens is 1. The van der Waals surface area contributed by atoms with Crippen LogP contribution >= 0.6 is 11.6 Å². The molecule has 1 amide bonds. The van der Waals surface area contributed by atoms with Gasteiger partial charge in [-0.2, -0.15) is 5.26 Å². The molecule has 0 bridgehead atoms. The topological polar surface area (TPSA) is 75.0 Å². The number of nitrogens with one attached hydrogen (secondary N) is 1. The molecule has 1 heterocycles. The molecule has 0 saturated heterocycles. The standard InChI is InChI=1S/C21H16ClN3O2/c1-13-3-5-17(6-4-13)24-21(26)16(12-23)10-15-9-14-11-18(27-2)7-8-19(14)25-20(15)22/h3-11H,1-2H3,(H,24,26)/b16-10+. The highest BCUT2D eigenvalue weighted by atomic mass is 35.5. The summed E-state index contributed by atoms with van der Waals surface area (Å²) in [5.41, 5.74) is 2.79. The van der Waals surface area contributed by atoms with E-state index in [9.17, 15) is 10.1 Å². The minimum absolute atomic E-state index is 0.0680. The van der Waals surface area contributed by atoms with Gasteiger partial charge in [-0.3, -0.25) is 4.79 Å². The number of benzene rings is 2. The average Bonchev–Trinajstić information content (AvgIpc) is 2.67. The molecular weight excluding hydrogens is 362 g/mol. The first-order valence-electron chi connectivity index (χ1n) is 8.14. The van der Waals surface area contributed by atoms with Crippen LogP contribution in [-0.4, -0.2) is 18.0 Å². The molecule has 27 heavy (non-hydrogen) atoms. The largest absolute Gasteiger partial charge is 0.497 e. The van der Waals surface area contributed by atoms with Crippen LogP contribution in [0.1, 0.15) is 11.1 Å². The number of aryl methyl sites for hydroxylation is 1. The maximum atomic E-state index is 12.4. The number of ether oxygens (including phenoxy) is 1. The molecular formula is C21H16ClN3O2. The van der Waals surface area contributed by atoms with Crippen LogP contribution in [0.15, 0.2) is 54.1 Å². The van der Waals surface area contributed by atoms with E-state index in [-0.39, 0.29) is 10.7 Å². The van der Waals surface area contributed by atoms with Gasteiger partial charge in [0.2, 0.25) is 0 Å². The highest BCUT2D eigenvalue weighted by molar-refractivity contribution is 6.31. The number of hydrogen-bond acceptors (Lipinski definition) is 4. The summed E-state index contributed by atoms with van der Waals surface area (Å²) >= 11 is 6.23. The Kier molecular flexibility index (Phi) is 5.39. The molecule has 0 unspecified atom stereocenters. The number of pyridine rings is 1. The average molecular weight is 378 g/mol. The second kappa shape index (κ2) is 7.90. The number of fused-ring (bicyclic) bond motifs is 1. The van der Waals surface area contributed by atoms with Crippen molar-refractivity contribution < 1.29 is 9.53 Å². The minimum atomic E-state index is -0.511. The number of nitrogens with zero attached hydrogens (tertiary/aromatic N) is 2. The van der Waals surface area contributed by atoms with Crippen molar-refractivity contribution in [2.24, 2.45) is 0 Å². The van der Waals surface area contributed by atoms with Gasteiger partial charge in [0.1, 0.15) is 22.5 Å². The number of carbonyl (C=O) groups excluding carboxylic acids is 1. The quantitative estimate of drug-likeness (QED) is 0.404. The third-order valence-electron chi connectivity index (χ3n) is 3.98. The van der Waals surface area contributed by atoms with Gasteiger partial charge in [0.05, 0.1) is 12.6 Å². The van der Waals surface area contributed by atoms with Gasteiger partial charge in [-0.1, -0.05) is 29.3 Å². The highest BCUT2D eigenvalue weighted by Gasteiger charge is 2.12. The molecule has 0 saturated carbocycles. The van der Waals surface area contributed by atoms with Crippen molar-refractivity contribution in [2.75, 3.05) is 12.4 Å². The Labute approximate surface area is 161 Å². The number of rotatable bonds is 4. The van der Waals surface area contributed by atoms with Crippen LogP contribution in [-0.2, 0) is 4.79 Å². The van der Waals surface area contributed by atoms with Crippen molar-refractivity contribution in [3.05, 3.63) is 70.4 Å². The van der Waals surface area contributed by atoms with Crippen LogP contribution in [0.3, 0.4) is 0 Å². The number of anilines is 1. The van der Waals surface area contributed by atoms with Gasteiger partial charge >= 0.3 is 0 Å². The van der Waals surface area contributed by atoms with E-state index in [4.69, 9.17) is 16.3 Å². The van der Waals surface area contributed by atoms with Crippen LogP contribution in [0, 0.1) is 18.3 Å². The van der Waals surface area contributed by atoms with E-state index in [2.05, 4.69) is 10.3 Å². The SMILES string of the molecule is COc1ccc2nc(Cl)c(/C=C(\C#N)C(=O)Nc3ccc(C)cc3)cc2c1. The van der Waals surface area contributed by atoms with Gasteiger partial charge in [-0.15, -0.1) is 0 Å². The maximum Gasteiger partial charge on any atom is 0.266 e. The molecule has 1 aromatic heterocycles. The Morgan fingerprint density at radius 1 is 1.22 bits per heavy atom. The molecule has 0 aliphatic carbocycles. The first kappa shape index (κ1) is 18.4. The Morgan fingerprint density at radius 2 is 1.96 bits per heavy atom. The van der Waals surface area contributed by atoms with Gasteiger partial charge < -0.3 is 10.1 Å². The predicted octanol–water partition coefficient (Wildman–Crippen LogP) is 4.75. The summed E-state index contributed by atoms with van der Waals surface area (Å²) in [5, 5.41) is 13.1. The van der Waals surface area contributed by atoms with Crippen molar-refractivity contribution in [1.29, 1.82) is 5.26 Å². The lowest BCUT2D eigenvalue weighted by molar-refractivity contribution is -0.112. The molecule has 0 aliphatic rings. The third kappa shape index (κ3) is 4.25. The van der Waals surface area contributed by atoms with Crippen molar-refractivity contribution in [1.82, 2.24) is 4.98 Å². The fourth-order valence-electron chi connectivity index (χ4n) is 2.52. The highest BCUT2D eigenvalue weighted by Crippen LogP contribution is 2.26. The fourth-order valence-corrected chi connectivity index (χ4v) is 2.72. The number of methoxy groups -OCH3 is 1. The van der Waals surface area contributed by atoms with E-state index in [0.29, 0.717) is 22.5 Å². The molecule has 0 atom stereocenters. The summed E-state index contributed by atoms with van der Waals surface area (Å²) in [4.78, 5) is 16.7. The van der Waals surface area contributed by atoms with E-state index < -0.39 is 5.91 Å². The lowest BCUT2D eigenvalue weighted by atomic mass is 10.1. The summed E-state index contributed by atoms with van der Waals surface area (Å²) in [6.07, 6.45) is 1.43. The second-order valence-electron chi connectivity index (χ2n) is 5.92. The van der Waals surface area contributed by atoms with Gasteiger partial charge in [0.25, 0.3) is 5.91 Å². The second-order valence-corrected chi connectivity index (χ2v) is 6.28. The van der Waals surface area contributed by atoms with Crippen molar-refractivity contribution in [3.63, 3.8) is 0 Å². The molecule has 3 rings (SSSR count). The van der Waals surface area contributed by atoms with E-state index >= 15 is 0 Å². The zero-order valence-corrected chi connectivity index (χ0v) is 15.5. The van der Waals surface area contributed by atoms with Crippen LogP contribution in [0.2, 0.25) is 5.15 Å². The zero-order chi connectivity index (χ0) is 19.4. The minimum Gasteiger partial charge on any atom is -0.497 e. The molecule has 1 N–H and O–H groups in total. The lowest BCUT2D eigenvalue weighted by Gasteiger charge is -2.07. The maximum absolute atomic E-state index is 12.4. The van der Waals surface area contributed by atoms with Gasteiger partial charge in [0, 0.05) is 16.6 Å². The van der Waals surface area contributed by atoms with Crippen molar-refractivity contribution >= 4 is 40.2 Å². The van der Waals surface area contributed by atoms with Crippen LogP contribution in [0.5, 0.6) is 5.75 Å². The number of hydrogen-bond donors (Lipinski definition) is 1. The van der Waals surface area contributed by atoms with E-state index in [0.717, 1.165) is 10.9 Å². The molecule has 0 aliphatic heterocycles. The van der Waals surface area contributed by atoms with Gasteiger partial charge in [0.15, 0.2) is 0 Å². The van der Waals surface area contributed by atoms with Crippen molar-refractivity contribution in [3.8, 4) is 11.8 Å². The number of carbonyl (C=O) groups is 1. The summed E-state index contributed by atoms with van der Waals surface area (Å²) in [6.45, 7) is 1.95. The fraction of sp³-hybridized carbons (Fsp3) is 0.0952. The zero-order valence-electron chi connectivity index (χ0n) is 14.8. The normalized spacial score (nSPS) is 11.1. The predicted molar refractivity (Wildman–Crippen MR) is 107 cm³/mol. The molecule has 0 spiro atoms. The lowest BCUT2D eigenvalue weighted by Crippen LogP contribution is -2.13. The molecule has 3 aromatic rings.